The van der Waals surface area contributed by atoms with Gasteiger partial charge in [-0.25, -0.2) is 15.0 Å². The smallest absolute Gasteiger partial charge is 0.228 e. The van der Waals surface area contributed by atoms with E-state index in [4.69, 9.17) is 9.72 Å². The van der Waals surface area contributed by atoms with Crippen molar-refractivity contribution in [3.63, 3.8) is 0 Å². The quantitative estimate of drug-likeness (QED) is 0.844. The first-order chi connectivity index (χ1) is 11.7. The summed E-state index contributed by atoms with van der Waals surface area (Å²) in [6.45, 7) is 5.59. The Morgan fingerprint density at radius 1 is 1.00 bits per heavy atom. The Kier molecular flexibility index (Phi) is 3.92. The lowest BCUT2D eigenvalue weighted by atomic mass is 10.2. The van der Waals surface area contributed by atoms with Gasteiger partial charge in [0.15, 0.2) is 0 Å². The van der Waals surface area contributed by atoms with Crippen LogP contribution >= 0.6 is 0 Å². The number of fused-ring (bicyclic) bond motifs is 1. The fourth-order valence-corrected chi connectivity index (χ4v) is 3.51. The Labute approximate surface area is 141 Å². The molecular formula is C17H22N6O. The van der Waals surface area contributed by atoms with Gasteiger partial charge >= 0.3 is 0 Å². The zero-order valence-corrected chi connectivity index (χ0v) is 14.2. The first-order valence-corrected chi connectivity index (χ1v) is 8.48. The molecule has 3 heterocycles. The van der Waals surface area contributed by atoms with Crippen molar-refractivity contribution in [1.82, 2.24) is 19.9 Å². The molecule has 0 radical (unpaired) electrons. The zero-order chi connectivity index (χ0) is 16.5. The van der Waals surface area contributed by atoms with E-state index in [-0.39, 0.29) is 0 Å². The maximum Gasteiger partial charge on any atom is 0.228 e. The summed E-state index contributed by atoms with van der Waals surface area (Å²) >= 11 is 0. The first-order valence-electron chi connectivity index (χ1n) is 8.48. The van der Waals surface area contributed by atoms with E-state index in [1.165, 1.54) is 17.7 Å². The van der Waals surface area contributed by atoms with E-state index >= 15 is 0 Å². The minimum absolute atomic E-state index is 0.603. The summed E-state index contributed by atoms with van der Waals surface area (Å²) in [7, 11) is 1.63. The largest absolute Gasteiger partial charge is 0.481 e. The summed E-state index contributed by atoms with van der Waals surface area (Å²) in [6.07, 6.45) is 5.12. The molecule has 0 spiro atoms. The molecule has 0 atom stereocenters. The highest BCUT2D eigenvalue weighted by molar-refractivity contribution is 5.52. The Balaban J connectivity index is 1.51. The number of rotatable bonds is 3. The number of ether oxygens (including phenoxy) is 1. The number of anilines is 2. The standard InChI is InChI=1S/C17H22N6O/c1-12-19-14-5-3-4-13(14)16(20-12)22-8-10-23(11-9-22)17-18-7-6-15(21-17)24-2/h6-7H,3-5,8-11H2,1-2H3. The zero-order valence-electron chi connectivity index (χ0n) is 14.2. The van der Waals surface area contributed by atoms with E-state index < -0.39 is 0 Å². The van der Waals surface area contributed by atoms with Crippen LogP contribution in [-0.2, 0) is 12.8 Å². The van der Waals surface area contributed by atoms with Crippen molar-refractivity contribution in [3.05, 3.63) is 29.3 Å². The molecule has 0 amide bonds. The number of hydrogen-bond acceptors (Lipinski definition) is 7. The van der Waals surface area contributed by atoms with Gasteiger partial charge in [0.05, 0.1) is 7.11 Å². The minimum atomic E-state index is 0.603. The first kappa shape index (κ1) is 15.1. The molecule has 7 nitrogen and oxygen atoms in total. The van der Waals surface area contributed by atoms with Crippen molar-refractivity contribution in [2.45, 2.75) is 26.2 Å². The summed E-state index contributed by atoms with van der Waals surface area (Å²) in [5, 5.41) is 0. The van der Waals surface area contributed by atoms with Crippen LogP contribution in [0.1, 0.15) is 23.5 Å². The summed E-state index contributed by atoms with van der Waals surface area (Å²) in [6, 6.07) is 1.77. The third-order valence-electron chi connectivity index (χ3n) is 4.71. The van der Waals surface area contributed by atoms with Crippen LogP contribution < -0.4 is 14.5 Å². The molecule has 1 saturated heterocycles. The average Bonchev–Trinajstić information content (AvgIpc) is 3.09. The van der Waals surface area contributed by atoms with Gasteiger partial charge in [0.1, 0.15) is 11.6 Å². The van der Waals surface area contributed by atoms with Crippen LogP contribution in [0.25, 0.3) is 0 Å². The Bertz CT molecular complexity index is 742. The predicted molar refractivity (Wildman–Crippen MR) is 91.8 cm³/mol. The maximum atomic E-state index is 5.19. The molecule has 0 saturated carbocycles. The molecule has 1 aliphatic heterocycles. The van der Waals surface area contributed by atoms with Gasteiger partial charge in [0, 0.05) is 49.7 Å². The van der Waals surface area contributed by atoms with Crippen LogP contribution in [0.5, 0.6) is 5.88 Å². The number of methoxy groups -OCH3 is 1. The van der Waals surface area contributed by atoms with E-state index in [0.717, 1.165) is 56.6 Å². The average molecular weight is 326 g/mol. The van der Waals surface area contributed by atoms with E-state index in [0.29, 0.717) is 5.88 Å². The fraction of sp³-hybridized carbons (Fsp3) is 0.529. The number of hydrogen-bond donors (Lipinski definition) is 0. The molecule has 1 fully saturated rings. The SMILES string of the molecule is COc1ccnc(N2CCN(c3nc(C)nc4c3CCC4)CC2)n1. The topological polar surface area (TPSA) is 67.3 Å². The van der Waals surface area contributed by atoms with Crippen LogP contribution in [0.15, 0.2) is 12.3 Å². The molecule has 1 aliphatic carbocycles. The highest BCUT2D eigenvalue weighted by Crippen LogP contribution is 2.29. The minimum Gasteiger partial charge on any atom is -0.481 e. The van der Waals surface area contributed by atoms with Crippen LogP contribution in [0.2, 0.25) is 0 Å². The van der Waals surface area contributed by atoms with E-state index in [1.807, 2.05) is 6.92 Å². The highest BCUT2D eigenvalue weighted by atomic mass is 16.5. The molecule has 4 rings (SSSR count). The number of piperazine rings is 1. The van der Waals surface area contributed by atoms with Crippen molar-refractivity contribution in [2.75, 3.05) is 43.1 Å². The third-order valence-corrected chi connectivity index (χ3v) is 4.71. The van der Waals surface area contributed by atoms with Gasteiger partial charge in [-0.3, -0.25) is 0 Å². The lowest BCUT2D eigenvalue weighted by Crippen LogP contribution is -2.47. The van der Waals surface area contributed by atoms with Crippen molar-refractivity contribution in [2.24, 2.45) is 0 Å². The molecule has 2 aromatic rings. The molecule has 0 bridgehead atoms. The van der Waals surface area contributed by atoms with Crippen molar-refractivity contribution < 1.29 is 4.74 Å². The second-order valence-electron chi connectivity index (χ2n) is 6.25. The monoisotopic (exact) mass is 326 g/mol. The summed E-state index contributed by atoms with van der Waals surface area (Å²) in [4.78, 5) is 22.7. The lowest BCUT2D eigenvalue weighted by Gasteiger charge is -2.36. The van der Waals surface area contributed by atoms with Gasteiger partial charge in [-0.15, -0.1) is 0 Å². The maximum absolute atomic E-state index is 5.19. The van der Waals surface area contributed by atoms with Gasteiger partial charge in [-0.2, -0.15) is 4.98 Å². The van der Waals surface area contributed by atoms with Gasteiger partial charge in [-0.1, -0.05) is 0 Å². The normalized spacial score (nSPS) is 17.1. The Morgan fingerprint density at radius 2 is 1.79 bits per heavy atom. The molecule has 2 aromatic heterocycles. The van der Waals surface area contributed by atoms with Crippen molar-refractivity contribution in [1.29, 1.82) is 0 Å². The second-order valence-corrected chi connectivity index (χ2v) is 6.25. The molecular weight excluding hydrogens is 304 g/mol. The third kappa shape index (κ3) is 2.74. The van der Waals surface area contributed by atoms with Crippen LogP contribution in [-0.4, -0.2) is 53.2 Å². The van der Waals surface area contributed by atoms with E-state index in [1.54, 1.807) is 19.4 Å². The lowest BCUT2D eigenvalue weighted by molar-refractivity contribution is 0.396. The molecule has 0 aromatic carbocycles. The number of aryl methyl sites for hydroxylation is 2. The number of nitrogens with zero attached hydrogens (tertiary/aromatic N) is 6. The molecule has 126 valence electrons. The van der Waals surface area contributed by atoms with Crippen molar-refractivity contribution in [3.8, 4) is 5.88 Å². The molecule has 0 N–H and O–H groups in total. The van der Waals surface area contributed by atoms with Crippen LogP contribution in [0, 0.1) is 6.92 Å². The summed E-state index contributed by atoms with van der Waals surface area (Å²) < 4.78 is 5.19. The van der Waals surface area contributed by atoms with Crippen LogP contribution in [0.3, 0.4) is 0 Å². The van der Waals surface area contributed by atoms with E-state index in [9.17, 15) is 0 Å². The Hall–Kier alpha value is -2.44. The van der Waals surface area contributed by atoms with Gasteiger partial charge in [0.25, 0.3) is 0 Å². The van der Waals surface area contributed by atoms with Gasteiger partial charge in [-0.05, 0) is 26.2 Å². The van der Waals surface area contributed by atoms with Crippen molar-refractivity contribution >= 4 is 11.8 Å². The van der Waals surface area contributed by atoms with Gasteiger partial charge in [0.2, 0.25) is 11.8 Å². The summed E-state index contributed by atoms with van der Waals surface area (Å²) in [5.74, 6) is 3.36. The number of aromatic nitrogens is 4. The molecule has 7 heteroatoms. The van der Waals surface area contributed by atoms with Gasteiger partial charge < -0.3 is 14.5 Å². The fourth-order valence-electron chi connectivity index (χ4n) is 3.51. The second kappa shape index (κ2) is 6.22. The highest BCUT2D eigenvalue weighted by Gasteiger charge is 2.26. The molecule has 0 unspecified atom stereocenters. The van der Waals surface area contributed by atoms with E-state index in [2.05, 4.69) is 24.8 Å². The van der Waals surface area contributed by atoms with Crippen LogP contribution in [0.4, 0.5) is 11.8 Å². The summed E-state index contributed by atoms with van der Waals surface area (Å²) in [5.41, 5.74) is 2.60. The molecule has 24 heavy (non-hydrogen) atoms. The molecule has 2 aliphatic rings. The Morgan fingerprint density at radius 3 is 2.58 bits per heavy atom. The predicted octanol–water partition coefficient (Wildman–Crippen LogP) is 1.40.